The minimum Gasteiger partial charge on any atom is -0.466 e. The zero-order chi connectivity index (χ0) is 13.0. The molecule has 0 saturated carbocycles. The Morgan fingerprint density at radius 1 is 1.39 bits per heavy atom. The Morgan fingerprint density at radius 3 is 2.67 bits per heavy atom. The molecule has 0 aromatic rings. The van der Waals surface area contributed by atoms with E-state index < -0.39 is 5.79 Å². The van der Waals surface area contributed by atoms with Gasteiger partial charge in [0.05, 0.1) is 32.3 Å². The fourth-order valence-corrected chi connectivity index (χ4v) is 2.64. The molecule has 2 aliphatic rings. The average Bonchev–Trinajstić information content (AvgIpc) is 2.98. The van der Waals surface area contributed by atoms with Crippen molar-refractivity contribution in [1.29, 1.82) is 0 Å². The Morgan fingerprint density at radius 2 is 2.11 bits per heavy atom. The van der Waals surface area contributed by atoms with Crippen molar-refractivity contribution in [1.82, 2.24) is 0 Å². The van der Waals surface area contributed by atoms with E-state index >= 15 is 0 Å². The van der Waals surface area contributed by atoms with Crippen LogP contribution >= 0.6 is 0 Å². The molecule has 0 aliphatic carbocycles. The highest BCUT2D eigenvalue weighted by Gasteiger charge is 2.41. The minimum absolute atomic E-state index is 0.159. The molecule has 5 nitrogen and oxygen atoms in total. The number of carbonyl (C=O) groups is 1. The second-order valence-corrected chi connectivity index (χ2v) is 5.02. The summed E-state index contributed by atoms with van der Waals surface area (Å²) < 4.78 is 21.7. The van der Waals surface area contributed by atoms with Crippen LogP contribution in [0.4, 0.5) is 0 Å². The van der Waals surface area contributed by atoms with E-state index in [9.17, 15) is 4.79 Å². The topological polar surface area (TPSA) is 54.0 Å². The van der Waals surface area contributed by atoms with E-state index in [-0.39, 0.29) is 17.8 Å². The van der Waals surface area contributed by atoms with Crippen LogP contribution in [0.3, 0.4) is 0 Å². The molecule has 2 atom stereocenters. The van der Waals surface area contributed by atoms with Crippen molar-refractivity contribution in [3.8, 4) is 0 Å². The van der Waals surface area contributed by atoms with E-state index in [2.05, 4.69) is 0 Å². The van der Waals surface area contributed by atoms with Crippen LogP contribution in [0.1, 0.15) is 26.7 Å². The van der Waals surface area contributed by atoms with Crippen molar-refractivity contribution >= 4 is 5.97 Å². The van der Waals surface area contributed by atoms with E-state index in [1.807, 2.05) is 13.8 Å². The standard InChI is InChI=1S/C13H22O5/c1-3-16-12(14)11(10-4-5-15-9-10)8-13(2)17-6-7-18-13/h10-11H,3-9H2,1-2H3. The molecule has 0 N–H and O–H groups in total. The van der Waals surface area contributed by atoms with E-state index in [4.69, 9.17) is 18.9 Å². The van der Waals surface area contributed by atoms with Crippen LogP contribution in [-0.4, -0.2) is 44.8 Å². The summed E-state index contributed by atoms with van der Waals surface area (Å²) in [5.74, 6) is -0.794. The number of rotatable bonds is 5. The molecule has 2 aliphatic heterocycles. The van der Waals surface area contributed by atoms with Crippen LogP contribution in [0.15, 0.2) is 0 Å². The van der Waals surface area contributed by atoms with Crippen molar-refractivity contribution < 1.29 is 23.7 Å². The zero-order valence-corrected chi connectivity index (χ0v) is 11.1. The van der Waals surface area contributed by atoms with E-state index in [0.717, 1.165) is 13.0 Å². The third kappa shape index (κ3) is 3.22. The van der Waals surface area contributed by atoms with Gasteiger partial charge in [0, 0.05) is 13.0 Å². The summed E-state index contributed by atoms with van der Waals surface area (Å²) in [6.07, 6.45) is 1.44. The molecule has 0 aromatic heterocycles. The first-order valence-corrected chi connectivity index (χ1v) is 6.67. The van der Waals surface area contributed by atoms with E-state index in [1.165, 1.54) is 0 Å². The lowest BCUT2D eigenvalue weighted by atomic mass is 9.86. The third-order valence-electron chi connectivity index (χ3n) is 3.61. The molecule has 2 unspecified atom stereocenters. The van der Waals surface area contributed by atoms with Crippen molar-refractivity contribution in [3.63, 3.8) is 0 Å². The molecule has 18 heavy (non-hydrogen) atoms. The van der Waals surface area contributed by atoms with Gasteiger partial charge in [0.2, 0.25) is 0 Å². The smallest absolute Gasteiger partial charge is 0.309 e. The molecule has 0 spiro atoms. The third-order valence-corrected chi connectivity index (χ3v) is 3.61. The van der Waals surface area contributed by atoms with Crippen LogP contribution in [-0.2, 0) is 23.7 Å². The number of carbonyl (C=O) groups excluding carboxylic acids is 1. The maximum atomic E-state index is 12.1. The average molecular weight is 258 g/mol. The highest BCUT2D eigenvalue weighted by molar-refractivity contribution is 5.73. The number of hydrogen-bond acceptors (Lipinski definition) is 5. The lowest BCUT2D eigenvalue weighted by Gasteiger charge is -2.29. The normalized spacial score (nSPS) is 28.2. The SMILES string of the molecule is CCOC(=O)C(CC1(C)OCCO1)C1CCOC1. The molecule has 2 fully saturated rings. The second kappa shape index (κ2) is 5.99. The Kier molecular flexibility index (Phi) is 4.59. The van der Waals surface area contributed by atoms with Crippen LogP contribution < -0.4 is 0 Å². The van der Waals surface area contributed by atoms with Gasteiger partial charge in [0.1, 0.15) is 0 Å². The second-order valence-electron chi connectivity index (χ2n) is 5.02. The quantitative estimate of drug-likeness (QED) is 0.697. The van der Waals surface area contributed by atoms with Crippen LogP contribution in [0.25, 0.3) is 0 Å². The molecule has 0 bridgehead atoms. The molecule has 2 heterocycles. The van der Waals surface area contributed by atoms with Gasteiger partial charge < -0.3 is 18.9 Å². The number of esters is 1. The highest BCUT2D eigenvalue weighted by Crippen LogP contribution is 2.34. The minimum atomic E-state index is -0.653. The maximum absolute atomic E-state index is 12.1. The maximum Gasteiger partial charge on any atom is 0.309 e. The molecular formula is C13H22O5. The van der Waals surface area contributed by atoms with Gasteiger partial charge in [-0.2, -0.15) is 0 Å². The van der Waals surface area contributed by atoms with Gasteiger partial charge in [-0.25, -0.2) is 0 Å². The summed E-state index contributed by atoms with van der Waals surface area (Å²) in [5, 5.41) is 0. The number of hydrogen-bond donors (Lipinski definition) is 0. The molecule has 0 aromatic carbocycles. The monoisotopic (exact) mass is 258 g/mol. The fraction of sp³-hybridized carbons (Fsp3) is 0.923. The summed E-state index contributed by atoms with van der Waals surface area (Å²) in [4.78, 5) is 12.1. The van der Waals surface area contributed by atoms with Gasteiger partial charge in [0.25, 0.3) is 0 Å². The van der Waals surface area contributed by atoms with Gasteiger partial charge in [-0.05, 0) is 26.2 Å². The van der Waals surface area contributed by atoms with Crippen LogP contribution in [0.2, 0.25) is 0 Å². The van der Waals surface area contributed by atoms with E-state index in [1.54, 1.807) is 0 Å². The first kappa shape index (κ1) is 13.8. The lowest BCUT2D eigenvalue weighted by molar-refractivity contribution is -0.175. The van der Waals surface area contributed by atoms with Crippen LogP contribution in [0, 0.1) is 11.8 Å². The predicted molar refractivity (Wildman–Crippen MR) is 64.0 cm³/mol. The first-order chi connectivity index (χ1) is 8.64. The van der Waals surface area contributed by atoms with Crippen molar-refractivity contribution in [3.05, 3.63) is 0 Å². The summed E-state index contributed by atoms with van der Waals surface area (Å²) in [6, 6.07) is 0. The largest absolute Gasteiger partial charge is 0.466 e. The van der Waals surface area contributed by atoms with Gasteiger partial charge in [-0.3, -0.25) is 4.79 Å². The summed E-state index contributed by atoms with van der Waals surface area (Å²) in [6.45, 7) is 6.65. The van der Waals surface area contributed by atoms with Crippen molar-refractivity contribution in [2.45, 2.75) is 32.5 Å². The Balaban J connectivity index is 2.01. The van der Waals surface area contributed by atoms with Gasteiger partial charge >= 0.3 is 5.97 Å². The molecule has 0 radical (unpaired) electrons. The summed E-state index contributed by atoms with van der Waals surface area (Å²) in [5.41, 5.74) is 0. The van der Waals surface area contributed by atoms with Crippen molar-refractivity contribution in [2.24, 2.45) is 11.8 Å². The van der Waals surface area contributed by atoms with Crippen LogP contribution in [0.5, 0.6) is 0 Å². The van der Waals surface area contributed by atoms with E-state index in [0.29, 0.717) is 32.8 Å². The van der Waals surface area contributed by atoms with Gasteiger partial charge in [0.15, 0.2) is 5.79 Å². The highest BCUT2D eigenvalue weighted by atomic mass is 16.7. The predicted octanol–water partition coefficient (Wildman–Crippen LogP) is 1.36. The summed E-state index contributed by atoms with van der Waals surface area (Å²) in [7, 11) is 0. The molecule has 5 heteroatoms. The van der Waals surface area contributed by atoms with Gasteiger partial charge in [-0.15, -0.1) is 0 Å². The van der Waals surface area contributed by atoms with Gasteiger partial charge in [-0.1, -0.05) is 0 Å². The molecule has 0 amide bonds. The molecule has 2 rings (SSSR count). The van der Waals surface area contributed by atoms with Crippen molar-refractivity contribution in [2.75, 3.05) is 33.0 Å². The number of ether oxygens (including phenoxy) is 4. The molecular weight excluding hydrogens is 236 g/mol. The first-order valence-electron chi connectivity index (χ1n) is 6.67. The Labute approximate surface area is 108 Å². The Hall–Kier alpha value is -0.650. The Bertz CT molecular complexity index is 279. The lowest BCUT2D eigenvalue weighted by Crippen LogP contribution is -2.36. The fourth-order valence-electron chi connectivity index (χ4n) is 2.64. The molecule has 2 saturated heterocycles. The zero-order valence-electron chi connectivity index (χ0n) is 11.1. The summed E-state index contributed by atoms with van der Waals surface area (Å²) >= 11 is 0. The molecule has 104 valence electrons.